The van der Waals surface area contributed by atoms with Crippen molar-refractivity contribution >= 4 is 21.8 Å². The SMILES string of the molecule is CCNCc1cc(S(=O)(=O)NCC2(SC)CCC2)c[nH]1. The molecule has 5 nitrogen and oxygen atoms in total. The number of aromatic amines is 1. The van der Waals surface area contributed by atoms with Gasteiger partial charge in [-0.15, -0.1) is 0 Å². The van der Waals surface area contributed by atoms with E-state index in [1.807, 2.05) is 6.92 Å². The molecule has 1 saturated carbocycles. The molecular formula is C13H23N3O2S2. The molecule has 20 heavy (non-hydrogen) atoms. The van der Waals surface area contributed by atoms with Crippen molar-refractivity contribution in [2.24, 2.45) is 0 Å². The predicted molar refractivity (Wildman–Crippen MR) is 83.5 cm³/mol. The maximum atomic E-state index is 12.3. The van der Waals surface area contributed by atoms with E-state index < -0.39 is 10.0 Å². The van der Waals surface area contributed by atoms with E-state index in [9.17, 15) is 8.42 Å². The van der Waals surface area contributed by atoms with Crippen molar-refractivity contribution in [1.82, 2.24) is 15.0 Å². The van der Waals surface area contributed by atoms with Crippen LogP contribution in [-0.2, 0) is 16.6 Å². The Morgan fingerprint density at radius 3 is 2.75 bits per heavy atom. The molecule has 0 unspecified atom stereocenters. The fourth-order valence-electron chi connectivity index (χ4n) is 2.27. The first-order valence-electron chi connectivity index (χ1n) is 6.94. The Kier molecular flexibility index (Phi) is 5.17. The Bertz CT molecular complexity index is 530. The monoisotopic (exact) mass is 317 g/mol. The molecule has 2 rings (SSSR count). The largest absolute Gasteiger partial charge is 0.363 e. The molecule has 0 bridgehead atoms. The maximum absolute atomic E-state index is 12.3. The van der Waals surface area contributed by atoms with E-state index in [-0.39, 0.29) is 4.75 Å². The summed E-state index contributed by atoms with van der Waals surface area (Å²) in [6, 6.07) is 1.69. The number of hydrogen-bond donors (Lipinski definition) is 3. The molecule has 1 aliphatic carbocycles. The second kappa shape index (κ2) is 6.51. The average molecular weight is 317 g/mol. The summed E-state index contributed by atoms with van der Waals surface area (Å²) in [7, 11) is -3.41. The van der Waals surface area contributed by atoms with E-state index in [1.165, 1.54) is 6.42 Å². The summed E-state index contributed by atoms with van der Waals surface area (Å²) >= 11 is 1.77. The van der Waals surface area contributed by atoms with Gasteiger partial charge in [0, 0.05) is 29.7 Å². The summed E-state index contributed by atoms with van der Waals surface area (Å²) in [5.74, 6) is 0. The zero-order chi connectivity index (χ0) is 14.6. The third-order valence-electron chi connectivity index (χ3n) is 3.87. The van der Waals surface area contributed by atoms with Gasteiger partial charge in [0.1, 0.15) is 0 Å². The number of aromatic nitrogens is 1. The lowest BCUT2D eigenvalue weighted by atomic mass is 9.84. The summed E-state index contributed by atoms with van der Waals surface area (Å²) in [6.45, 7) is 4.04. The van der Waals surface area contributed by atoms with Crippen LogP contribution in [0.1, 0.15) is 31.9 Å². The Balaban J connectivity index is 1.97. The van der Waals surface area contributed by atoms with Gasteiger partial charge in [0.05, 0.1) is 4.90 Å². The zero-order valence-electron chi connectivity index (χ0n) is 12.0. The number of thioether (sulfide) groups is 1. The molecule has 114 valence electrons. The zero-order valence-corrected chi connectivity index (χ0v) is 13.7. The second-order valence-corrected chi connectivity index (χ2v) is 8.25. The predicted octanol–water partition coefficient (Wildman–Crippen LogP) is 1.69. The minimum absolute atomic E-state index is 0.107. The van der Waals surface area contributed by atoms with E-state index in [0.717, 1.165) is 25.1 Å². The molecule has 0 atom stereocenters. The number of hydrogen-bond acceptors (Lipinski definition) is 4. The van der Waals surface area contributed by atoms with E-state index >= 15 is 0 Å². The fourth-order valence-corrected chi connectivity index (χ4v) is 4.42. The summed E-state index contributed by atoms with van der Waals surface area (Å²) in [6.07, 6.45) is 6.99. The van der Waals surface area contributed by atoms with Crippen LogP contribution in [0.4, 0.5) is 0 Å². The minimum Gasteiger partial charge on any atom is -0.363 e. The lowest BCUT2D eigenvalue weighted by Crippen LogP contribution is -2.45. The third-order valence-corrected chi connectivity index (χ3v) is 6.67. The van der Waals surface area contributed by atoms with Crippen LogP contribution < -0.4 is 10.0 Å². The summed E-state index contributed by atoms with van der Waals surface area (Å²) in [5.41, 5.74) is 0.885. The van der Waals surface area contributed by atoms with E-state index in [0.29, 0.717) is 18.0 Å². The van der Waals surface area contributed by atoms with Gasteiger partial charge in [-0.25, -0.2) is 13.1 Å². The lowest BCUT2D eigenvalue weighted by molar-refractivity contribution is 0.362. The highest BCUT2D eigenvalue weighted by Gasteiger charge is 2.37. The Morgan fingerprint density at radius 2 is 2.20 bits per heavy atom. The van der Waals surface area contributed by atoms with Gasteiger partial charge in [0.15, 0.2) is 0 Å². The van der Waals surface area contributed by atoms with Crippen LogP contribution in [0.3, 0.4) is 0 Å². The average Bonchev–Trinajstić information content (AvgIpc) is 2.85. The molecular weight excluding hydrogens is 294 g/mol. The molecule has 1 aromatic heterocycles. The molecule has 1 aliphatic rings. The van der Waals surface area contributed by atoms with Crippen LogP contribution in [0.5, 0.6) is 0 Å². The van der Waals surface area contributed by atoms with Crippen molar-refractivity contribution in [1.29, 1.82) is 0 Å². The van der Waals surface area contributed by atoms with Crippen molar-refractivity contribution in [3.63, 3.8) is 0 Å². The Morgan fingerprint density at radius 1 is 1.45 bits per heavy atom. The van der Waals surface area contributed by atoms with Crippen molar-refractivity contribution in [2.45, 2.75) is 42.4 Å². The minimum atomic E-state index is -3.41. The summed E-state index contributed by atoms with van der Waals surface area (Å²) in [4.78, 5) is 3.32. The highest BCUT2D eigenvalue weighted by atomic mass is 32.2. The van der Waals surface area contributed by atoms with Gasteiger partial charge in [-0.3, -0.25) is 0 Å². The molecule has 1 heterocycles. The topological polar surface area (TPSA) is 74.0 Å². The van der Waals surface area contributed by atoms with Crippen LogP contribution in [-0.4, -0.2) is 37.5 Å². The molecule has 1 fully saturated rings. The van der Waals surface area contributed by atoms with Gasteiger partial charge < -0.3 is 10.3 Å². The number of nitrogens with one attached hydrogen (secondary N) is 3. The highest BCUT2D eigenvalue weighted by molar-refractivity contribution is 8.00. The Labute approximate surface area is 125 Å². The summed E-state index contributed by atoms with van der Waals surface area (Å²) < 4.78 is 27.4. The van der Waals surface area contributed by atoms with Crippen molar-refractivity contribution in [2.75, 3.05) is 19.3 Å². The molecule has 0 saturated heterocycles. The van der Waals surface area contributed by atoms with Gasteiger partial charge in [0.25, 0.3) is 0 Å². The summed E-state index contributed by atoms with van der Waals surface area (Å²) in [5, 5.41) is 3.16. The van der Waals surface area contributed by atoms with Crippen LogP contribution in [0.2, 0.25) is 0 Å². The van der Waals surface area contributed by atoms with Crippen LogP contribution in [0, 0.1) is 0 Å². The van der Waals surface area contributed by atoms with Crippen molar-refractivity contribution in [3.05, 3.63) is 18.0 Å². The third kappa shape index (κ3) is 3.58. The standard InChI is InChI=1S/C13H23N3O2S2/c1-3-14-8-11-7-12(9-15-11)20(17,18)16-10-13(19-2)5-4-6-13/h7,9,14-16H,3-6,8,10H2,1-2H3. The van der Waals surface area contributed by atoms with Gasteiger partial charge in [-0.2, -0.15) is 11.8 Å². The molecule has 0 aliphatic heterocycles. The molecule has 0 spiro atoms. The maximum Gasteiger partial charge on any atom is 0.242 e. The normalized spacial score (nSPS) is 17.9. The van der Waals surface area contributed by atoms with Crippen molar-refractivity contribution in [3.8, 4) is 0 Å². The van der Waals surface area contributed by atoms with Gasteiger partial charge in [-0.05, 0) is 31.7 Å². The molecule has 7 heteroatoms. The number of sulfonamides is 1. The second-order valence-electron chi connectivity index (χ2n) is 5.21. The Hall–Kier alpha value is -0.500. The highest BCUT2D eigenvalue weighted by Crippen LogP contribution is 2.42. The molecule has 1 aromatic rings. The van der Waals surface area contributed by atoms with Crippen LogP contribution >= 0.6 is 11.8 Å². The molecule has 0 radical (unpaired) electrons. The fraction of sp³-hybridized carbons (Fsp3) is 0.692. The van der Waals surface area contributed by atoms with E-state index in [1.54, 1.807) is 24.0 Å². The van der Waals surface area contributed by atoms with Crippen LogP contribution in [0.15, 0.2) is 17.2 Å². The number of H-pyrrole nitrogens is 1. The van der Waals surface area contributed by atoms with Gasteiger partial charge >= 0.3 is 0 Å². The van der Waals surface area contributed by atoms with Crippen molar-refractivity contribution < 1.29 is 8.42 Å². The first-order valence-corrected chi connectivity index (χ1v) is 9.65. The quantitative estimate of drug-likeness (QED) is 0.682. The first kappa shape index (κ1) is 15.9. The first-order chi connectivity index (χ1) is 9.51. The van der Waals surface area contributed by atoms with E-state index in [2.05, 4.69) is 21.3 Å². The number of rotatable bonds is 8. The smallest absolute Gasteiger partial charge is 0.242 e. The van der Waals surface area contributed by atoms with Gasteiger partial charge in [0.2, 0.25) is 10.0 Å². The molecule has 0 aromatic carbocycles. The molecule has 3 N–H and O–H groups in total. The van der Waals surface area contributed by atoms with E-state index in [4.69, 9.17) is 0 Å². The van der Waals surface area contributed by atoms with Gasteiger partial charge in [-0.1, -0.05) is 13.3 Å². The van der Waals surface area contributed by atoms with Crippen LogP contribution in [0.25, 0.3) is 0 Å². The molecule has 0 amide bonds. The lowest BCUT2D eigenvalue weighted by Gasteiger charge is -2.40.